The molecule has 0 aromatic carbocycles. The van der Waals surface area contributed by atoms with Crippen molar-refractivity contribution < 1.29 is 29.4 Å². The van der Waals surface area contributed by atoms with Gasteiger partial charge >= 0.3 is 37.7 Å². The number of unbranched alkanes of at least 4 members (excludes halogenated alkanes) is 12. The minimum atomic E-state index is -1.12. The Morgan fingerprint density at radius 1 is 0.486 bits per heavy atom. The largest absolute Gasteiger partial charge is 2.00 e. The number of hydrogen-bond donors (Lipinski definition) is 2. The van der Waals surface area contributed by atoms with Crippen molar-refractivity contribution in [2.75, 3.05) is 13.1 Å². The van der Waals surface area contributed by atoms with Gasteiger partial charge in [-0.1, -0.05) is 90.9 Å². The van der Waals surface area contributed by atoms with Crippen LogP contribution in [0.25, 0.3) is 0 Å². The summed E-state index contributed by atoms with van der Waals surface area (Å²) in [7, 11) is 0. The van der Waals surface area contributed by atoms with E-state index in [1.54, 1.807) is 0 Å². The molecule has 0 aliphatic carbocycles. The van der Waals surface area contributed by atoms with Gasteiger partial charge in [0, 0.05) is 50.7 Å². The third-order valence-electron chi connectivity index (χ3n) is 5.32. The van der Waals surface area contributed by atoms with Crippen LogP contribution in [0.15, 0.2) is 0 Å². The normalized spacial score (nSPS) is 9.89. The van der Waals surface area contributed by atoms with Gasteiger partial charge < -0.3 is 30.4 Å². The van der Waals surface area contributed by atoms with Crippen molar-refractivity contribution in [2.24, 2.45) is 0 Å². The number of rotatable bonds is 22. The fraction of sp³-hybridized carbons (Fsp3) is 0.846. The molecule has 0 spiro atoms. The van der Waals surface area contributed by atoms with Crippen LogP contribution in [0.2, 0.25) is 0 Å². The summed E-state index contributed by atoms with van der Waals surface area (Å²) in [5, 5.41) is 25.3. The number of hydrogen-bond acceptors (Lipinski definition) is 6. The maximum Gasteiger partial charge on any atom is 2.00 e. The quantitative estimate of drug-likeness (QED) is 0.165. The third-order valence-corrected chi connectivity index (χ3v) is 5.32. The third kappa shape index (κ3) is 37.8. The zero-order chi connectivity index (χ0) is 25.9. The predicted octanol–water partition coefficient (Wildman–Crippen LogP) is 2.39. The van der Waals surface area contributed by atoms with Gasteiger partial charge in [0.15, 0.2) is 0 Å². The number of carbonyl (C=O) groups is 4. The Hall–Kier alpha value is -0.860. The van der Waals surface area contributed by atoms with Gasteiger partial charge in [0.25, 0.3) is 0 Å². The van der Waals surface area contributed by atoms with Crippen molar-refractivity contribution in [1.82, 2.24) is 10.6 Å². The number of carboxylic acid groups (broad SMARTS) is 2. The Bertz CT molecular complexity index is 486. The van der Waals surface area contributed by atoms with Gasteiger partial charge in [0.05, 0.1) is 0 Å². The van der Waals surface area contributed by atoms with Crippen LogP contribution in [-0.4, -0.2) is 74.6 Å². The maximum atomic E-state index is 11.2. The van der Waals surface area contributed by atoms with E-state index in [0.29, 0.717) is 12.8 Å². The van der Waals surface area contributed by atoms with Crippen molar-refractivity contribution in [3.63, 3.8) is 0 Å². The molecule has 0 aliphatic heterocycles. The summed E-state index contributed by atoms with van der Waals surface area (Å²) in [6.45, 7) is 4.74. The molecule has 0 aliphatic rings. The summed E-state index contributed by atoms with van der Waals surface area (Å²) < 4.78 is 0. The average Bonchev–Trinajstić information content (AvgIpc) is 2.78. The van der Waals surface area contributed by atoms with E-state index in [4.69, 9.17) is 0 Å². The standard InChI is InChI=1S/2C13H25NO3.Ca/c2*1-2-3-4-5-6-7-8-9-12(15)14-11-10-13(16)17;/h2*2-11H2,1H3,(H,14,15)(H,16,17);/q;;+2/p-2. The molecule has 0 unspecified atom stereocenters. The zero-order valence-electron chi connectivity index (χ0n) is 22.3. The van der Waals surface area contributed by atoms with Crippen LogP contribution in [0.5, 0.6) is 0 Å². The van der Waals surface area contributed by atoms with Crippen LogP contribution >= 0.6 is 0 Å². The number of carbonyl (C=O) groups excluding carboxylic acids is 4. The van der Waals surface area contributed by atoms with Crippen LogP contribution in [0.3, 0.4) is 0 Å². The molecule has 200 valence electrons. The van der Waals surface area contributed by atoms with Crippen molar-refractivity contribution >= 4 is 61.5 Å². The molecule has 0 heterocycles. The molecule has 2 N–H and O–H groups in total. The molecule has 0 bridgehead atoms. The molecule has 8 nitrogen and oxygen atoms in total. The van der Waals surface area contributed by atoms with E-state index < -0.39 is 11.9 Å². The predicted molar refractivity (Wildman–Crippen MR) is 136 cm³/mol. The van der Waals surface area contributed by atoms with Gasteiger partial charge in [-0.3, -0.25) is 9.59 Å². The number of carboxylic acids is 2. The van der Waals surface area contributed by atoms with Crippen molar-refractivity contribution in [3.8, 4) is 0 Å². The zero-order valence-corrected chi connectivity index (χ0v) is 24.5. The summed E-state index contributed by atoms with van der Waals surface area (Å²) >= 11 is 0. The van der Waals surface area contributed by atoms with E-state index in [0.717, 1.165) is 25.7 Å². The summed E-state index contributed by atoms with van der Waals surface area (Å²) in [5.74, 6) is -2.36. The second-order valence-corrected chi connectivity index (χ2v) is 8.69. The summed E-state index contributed by atoms with van der Waals surface area (Å²) in [6, 6.07) is 0. The molecule has 9 heteroatoms. The average molecular weight is 525 g/mol. The SMILES string of the molecule is CCCCCCCCCC(=O)NCCC(=O)[O-].CCCCCCCCCC(=O)NCCC(=O)[O-].[Ca+2]. The number of nitrogens with one attached hydrogen (secondary N) is 2. The van der Waals surface area contributed by atoms with Crippen LogP contribution < -0.4 is 20.8 Å². The van der Waals surface area contributed by atoms with Gasteiger partial charge in [-0.05, 0) is 12.8 Å². The van der Waals surface area contributed by atoms with Crippen LogP contribution in [-0.2, 0) is 19.2 Å². The van der Waals surface area contributed by atoms with E-state index in [9.17, 15) is 29.4 Å². The molecule has 0 aromatic rings. The van der Waals surface area contributed by atoms with E-state index in [-0.39, 0.29) is 75.5 Å². The summed E-state index contributed by atoms with van der Waals surface area (Å²) in [6.07, 6.45) is 17.3. The number of aliphatic carboxylic acids is 2. The van der Waals surface area contributed by atoms with Gasteiger partial charge in [0.2, 0.25) is 11.8 Å². The first-order chi connectivity index (χ1) is 16.3. The molecule has 0 saturated heterocycles. The van der Waals surface area contributed by atoms with E-state index in [1.165, 1.54) is 64.2 Å². The maximum absolute atomic E-state index is 11.2. The first-order valence-corrected chi connectivity index (χ1v) is 13.3. The van der Waals surface area contributed by atoms with Crippen molar-refractivity contribution in [2.45, 2.75) is 129 Å². The second kappa shape index (κ2) is 31.2. The monoisotopic (exact) mass is 524 g/mol. The van der Waals surface area contributed by atoms with Gasteiger partial charge in [0.1, 0.15) is 0 Å². The molecule has 35 heavy (non-hydrogen) atoms. The van der Waals surface area contributed by atoms with Crippen LogP contribution in [0, 0.1) is 0 Å². The first-order valence-electron chi connectivity index (χ1n) is 13.3. The van der Waals surface area contributed by atoms with Crippen LogP contribution in [0.4, 0.5) is 0 Å². The Morgan fingerprint density at radius 3 is 1.06 bits per heavy atom. The molecule has 0 radical (unpaired) electrons. The van der Waals surface area contributed by atoms with Crippen molar-refractivity contribution in [1.29, 1.82) is 0 Å². The molecule has 0 atom stereocenters. The Balaban J connectivity index is -0.000000569. The Labute approximate surface area is 242 Å². The molecule has 0 aromatic heterocycles. The molecule has 0 saturated carbocycles. The fourth-order valence-electron chi connectivity index (χ4n) is 3.27. The molecular weight excluding hydrogens is 476 g/mol. The van der Waals surface area contributed by atoms with Crippen LogP contribution in [0.1, 0.15) is 129 Å². The number of amides is 2. The molecule has 0 rings (SSSR count). The van der Waals surface area contributed by atoms with E-state index in [1.807, 2.05) is 0 Å². The topological polar surface area (TPSA) is 138 Å². The fourth-order valence-corrected chi connectivity index (χ4v) is 3.27. The Morgan fingerprint density at radius 2 is 0.771 bits per heavy atom. The first kappa shape index (κ1) is 38.7. The van der Waals surface area contributed by atoms with E-state index >= 15 is 0 Å². The van der Waals surface area contributed by atoms with Crippen molar-refractivity contribution in [3.05, 3.63) is 0 Å². The van der Waals surface area contributed by atoms with E-state index in [2.05, 4.69) is 24.5 Å². The minimum absolute atomic E-state index is 0. The van der Waals surface area contributed by atoms with Gasteiger partial charge in [-0.15, -0.1) is 0 Å². The summed E-state index contributed by atoms with van der Waals surface area (Å²) in [5.41, 5.74) is 0. The molecule has 0 fully saturated rings. The second-order valence-electron chi connectivity index (χ2n) is 8.69. The van der Waals surface area contributed by atoms with Gasteiger partial charge in [-0.25, -0.2) is 0 Å². The molecular formula is C26H48CaN2O6. The smallest absolute Gasteiger partial charge is 0.550 e. The summed E-state index contributed by atoms with van der Waals surface area (Å²) in [4.78, 5) is 42.7. The Kier molecular flexibility index (Phi) is 34.4. The molecule has 2 amide bonds. The van der Waals surface area contributed by atoms with Gasteiger partial charge in [-0.2, -0.15) is 0 Å². The minimum Gasteiger partial charge on any atom is -0.550 e.